The van der Waals surface area contributed by atoms with E-state index in [4.69, 9.17) is 9.72 Å². The molecule has 35 heavy (non-hydrogen) atoms. The number of urea groups is 1. The van der Waals surface area contributed by atoms with E-state index in [2.05, 4.69) is 12.2 Å². The number of para-hydroxylation sites is 3. The average molecular weight is 471 g/mol. The van der Waals surface area contributed by atoms with Gasteiger partial charge in [0.2, 0.25) is 0 Å². The molecule has 2 amide bonds. The average Bonchev–Trinajstić information content (AvgIpc) is 2.89. The Morgan fingerprint density at radius 2 is 1.71 bits per heavy atom. The minimum atomic E-state index is -0.451. The summed E-state index contributed by atoms with van der Waals surface area (Å²) in [5.41, 5.74) is 2.91. The van der Waals surface area contributed by atoms with E-state index in [1.165, 1.54) is 5.56 Å². The van der Waals surface area contributed by atoms with Crippen LogP contribution in [-0.4, -0.2) is 34.6 Å². The molecule has 0 radical (unpaired) electrons. The lowest BCUT2D eigenvalue weighted by molar-refractivity contribution is 0.199. The number of amides is 2. The molecule has 180 valence electrons. The highest BCUT2D eigenvalue weighted by Gasteiger charge is 2.27. The van der Waals surface area contributed by atoms with Gasteiger partial charge in [-0.3, -0.25) is 9.36 Å². The third-order valence-electron chi connectivity index (χ3n) is 6.23. The second kappa shape index (κ2) is 10.4. The van der Waals surface area contributed by atoms with Crippen molar-refractivity contribution in [2.24, 2.45) is 0 Å². The number of fused-ring (bicyclic) bond motifs is 1. The number of aryl methyl sites for hydroxylation is 1. The van der Waals surface area contributed by atoms with Crippen molar-refractivity contribution in [3.05, 3.63) is 94.5 Å². The Morgan fingerprint density at radius 1 is 1.03 bits per heavy atom. The number of rotatable bonds is 7. The highest BCUT2D eigenvalue weighted by atomic mass is 16.5. The minimum Gasteiger partial charge on any atom is -0.495 e. The molecule has 1 N–H and O–H groups in total. The van der Waals surface area contributed by atoms with Crippen molar-refractivity contribution in [1.29, 1.82) is 0 Å². The molecule has 0 aliphatic rings. The molecule has 0 aliphatic carbocycles. The second-order valence-electron chi connectivity index (χ2n) is 8.31. The minimum absolute atomic E-state index is 0.160. The topological polar surface area (TPSA) is 76.5 Å². The number of hydrogen-bond acceptors (Lipinski definition) is 4. The number of carbonyl (C=O) groups excluding carboxylic acids is 1. The van der Waals surface area contributed by atoms with Crippen LogP contribution in [0, 0.1) is 0 Å². The first-order valence-corrected chi connectivity index (χ1v) is 11.8. The Balaban J connectivity index is 1.81. The van der Waals surface area contributed by atoms with E-state index in [1.807, 2.05) is 61.5 Å². The van der Waals surface area contributed by atoms with Crippen molar-refractivity contribution in [1.82, 2.24) is 14.5 Å². The summed E-state index contributed by atoms with van der Waals surface area (Å²) in [6.07, 6.45) is 1.47. The van der Waals surface area contributed by atoms with E-state index in [9.17, 15) is 9.59 Å². The van der Waals surface area contributed by atoms with Crippen molar-refractivity contribution >= 4 is 22.6 Å². The molecule has 1 heterocycles. The van der Waals surface area contributed by atoms with Gasteiger partial charge < -0.3 is 15.0 Å². The summed E-state index contributed by atoms with van der Waals surface area (Å²) in [5, 5.41) is 3.45. The Bertz CT molecular complexity index is 1400. The van der Waals surface area contributed by atoms with Crippen LogP contribution in [0.15, 0.2) is 77.6 Å². The smallest absolute Gasteiger partial charge is 0.322 e. The van der Waals surface area contributed by atoms with E-state index in [1.54, 1.807) is 41.8 Å². The monoisotopic (exact) mass is 470 g/mol. The van der Waals surface area contributed by atoms with E-state index < -0.39 is 6.04 Å². The first-order chi connectivity index (χ1) is 17.0. The number of anilines is 1. The summed E-state index contributed by atoms with van der Waals surface area (Å²) >= 11 is 0. The Morgan fingerprint density at radius 3 is 2.40 bits per heavy atom. The van der Waals surface area contributed by atoms with Gasteiger partial charge in [-0.1, -0.05) is 50.2 Å². The van der Waals surface area contributed by atoms with Crippen molar-refractivity contribution in [3.8, 4) is 11.4 Å². The summed E-state index contributed by atoms with van der Waals surface area (Å²) in [6, 6.07) is 21.7. The molecular formula is C28H30N4O3. The van der Waals surface area contributed by atoms with Gasteiger partial charge in [0.05, 0.1) is 35.4 Å². The SMILES string of the molecule is CCc1ccc(-n2c(C(CC)N(C)C(=O)Nc3ccccc3OC)nc3ccccc3c2=O)cc1. The standard InChI is InChI=1S/C28H30N4O3/c1-5-19-15-17-20(18-16-19)32-26(29-22-12-8-7-11-21(22)27(32)33)24(6-2)31(3)28(34)30-23-13-9-10-14-25(23)35-4/h7-18,24H,5-6H2,1-4H3,(H,30,34). The second-order valence-corrected chi connectivity index (χ2v) is 8.31. The first kappa shape index (κ1) is 24.0. The molecule has 0 saturated heterocycles. The molecule has 4 aromatic rings. The zero-order chi connectivity index (χ0) is 24.9. The lowest BCUT2D eigenvalue weighted by Crippen LogP contribution is -2.38. The number of benzene rings is 3. The number of methoxy groups -OCH3 is 1. The van der Waals surface area contributed by atoms with Crippen LogP contribution in [0.1, 0.15) is 37.7 Å². The van der Waals surface area contributed by atoms with Crippen LogP contribution in [0.2, 0.25) is 0 Å². The van der Waals surface area contributed by atoms with Gasteiger partial charge in [-0.05, 0) is 54.8 Å². The van der Waals surface area contributed by atoms with Gasteiger partial charge in [0.15, 0.2) is 0 Å². The van der Waals surface area contributed by atoms with Crippen LogP contribution in [0.3, 0.4) is 0 Å². The van der Waals surface area contributed by atoms with Crippen LogP contribution < -0.4 is 15.6 Å². The van der Waals surface area contributed by atoms with E-state index >= 15 is 0 Å². The number of nitrogens with one attached hydrogen (secondary N) is 1. The van der Waals surface area contributed by atoms with E-state index in [-0.39, 0.29) is 11.6 Å². The number of nitrogens with zero attached hydrogens (tertiary/aromatic N) is 3. The first-order valence-electron chi connectivity index (χ1n) is 11.8. The third kappa shape index (κ3) is 4.75. The van der Waals surface area contributed by atoms with Crippen molar-refractivity contribution < 1.29 is 9.53 Å². The van der Waals surface area contributed by atoms with Gasteiger partial charge >= 0.3 is 6.03 Å². The Labute approximate surface area is 205 Å². The van der Waals surface area contributed by atoms with Gasteiger partial charge in [-0.15, -0.1) is 0 Å². The molecule has 0 bridgehead atoms. The van der Waals surface area contributed by atoms with Crippen LogP contribution >= 0.6 is 0 Å². The zero-order valence-corrected chi connectivity index (χ0v) is 20.5. The maximum atomic E-state index is 13.7. The molecule has 1 unspecified atom stereocenters. The number of aromatic nitrogens is 2. The lowest BCUT2D eigenvalue weighted by atomic mass is 10.1. The fourth-order valence-corrected chi connectivity index (χ4v) is 4.23. The van der Waals surface area contributed by atoms with E-state index in [0.717, 1.165) is 12.1 Å². The zero-order valence-electron chi connectivity index (χ0n) is 20.5. The molecule has 1 atom stereocenters. The van der Waals surface area contributed by atoms with Gasteiger partial charge in [-0.2, -0.15) is 0 Å². The van der Waals surface area contributed by atoms with Crippen molar-refractivity contribution in [2.75, 3.05) is 19.5 Å². The summed E-state index contributed by atoms with van der Waals surface area (Å²) in [5.74, 6) is 1.08. The van der Waals surface area contributed by atoms with Crippen LogP contribution in [0.4, 0.5) is 10.5 Å². The van der Waals surface area contributed by atoms with Gasteiger partial charge in [0.25, 0.3) is 5.56 Å². The quantitative estimate of drug-likeness (QED) is 0.383. The van der Waals surface area contributed by atoms with Gasteiger partial charge in [0.1, 0.15) is 11.6 Å². The highest BCUT2D eigenvalue weighted by Crippen LogP contribution is 2.28. The summed E-state index contributed by atoms with van der Waals surface area (Å²) < 4.78 is 6.99. The summed E-state index contributed by atoms with van der Waals surface area (Å²) in [7, 11) is 3.27. The molecule has 0 aliphatic heterocycles. The predicted octanol–water partition coefficient (Wildman–Crippen LogP) is 5.57. The summed E-state index contributed by atoms with van der Waals surface area (Å²) in [6.45, 7) is 4.07. The molecule has 0 fully saturated rings. The molecule has 0 spiro atoms. The normalized spacial score (nSPS) is 11.8. The maximum Gasteiger partial charge on any atom is 0.322 e. The molecule has 4 rings (SSSR count). The maximum absolute atomic E-state index is 13.7. The van der Waals surface area contributed by atoms with Crippen molar-refractivity contribution in [2.45, 2.75) is 32.7 Å². The largest absolute Gasteiger partial charge is 0.495 e. The van der Waals surface area contributed by atoms with Crippen LogP contribution in [-0.2, 0) is 6.42 Å². The van der Waals surface area contributed by atoms with Crippen LogP contribution in [0.25, 0.3) is 16.6 Å². The number of ether oxygens (including phenoxy) is 1. The molecule has 3 aromatic carbocycles. The molecule has 7 nitrogen and oxygen atoms in total. The predicted molar refractivity (Wildman–Crippen MR) is 140 cm³/mol. The summed E-state index contributed by atoms with van der Waals surface area (Å²) in [4.78, 5) is 33.4. The van der Waals surface area contributed by atoms with Gasteiger partial charge in [-0.25, -0.2) is 9.78 Å². The Kier molecular flexibility index (Phi) is 7.15. The fraction of sp³-hybridized carbons (Fsp3) is 0.250. The molecule has 1 aromatic heterocycles. The third-order valence-corrected chi connectivity index (χ3v) is 6.23. The number of hydrogen-bond donors (Lipinski definition) is 1. The van der Waals surface area contributed by atoms with Crippen molar-refractivity contribution in [3.63, 3.8) is 0 Å². The van der Waals surface area contributed by atoms with Gasteiger partial charge in [0, 0.05) is 7.05 Å². The van der Waals surface area contributed by atoms with Crippen LogP contribution in [0.5, 0.6) is 5.75 Å². The highest BCUT2D eigenvalue weighted by molar-refractivity contribution is 5.91. The van der Waals surface area contributed by atoms with E-state index in [0.29, 0.717) is 34.6 Å². The number of carbonyl (C=O) groups is 1. The molecular weight excluding hydrogens is 440 g/mol. The Hall–Kier alpha value is -4.13. The fourth-order valence-electron chi connectivity index (χ4n) is 4.23. The molecule has 7 heteroatoms. The lowest BCUT2D eigenvalue weighted by Gasteiger charge is -2.29. The molecule has 0 saturated carbocycles.